The molecule has 0 aliphatic carbocycles. The van der Waals surface area contributed by atoms with Gasteiger partial charge in [0.05, 0.1) is 23.6 Å². The van der Waals surface area contributed by atoms with Gasteiger partial charge in [0.2, 0.25) is 11.9 Å². The molecule has 1 amide bonds. The fraction of sp³-hybridized carbons (Fsp3) is 0.125. The second kappa shape index (κ2) is 7.18. The van der Waals surface area contributed by atoms with E-state index in [1.54, 1.807) is 47.5 Å². The van der Waals surface area contributed by atoms with E-state index in [4.69, 9.17) is 5.26 Å². The molecule has 0 spiro atoms. The Morgan fingerprint density at radius 1 is 1.32 bits per heavy atom. The number of nitriles is 1. The lowest BCUT2D eigenvalue weighted by Crippen LogP contribution is -2.11. The van der Waals surface area contributed by atoms with Gasteiger partial charge in [0.15, 0.2) is 0 Å². The third kappa shape index (κ3) is 4.14. The molecule has 0 saturated heterocycles. The Morgan fingerprint density at radius 3 is 2.92 bits per heavy atom. The van der Waals surface area contributed by atoms with Gasteiger partial charge < -0.3 is 10.6 Å². The van der Waals surface area contributed by atoms with Crippen LogP contribution >= 0.6 is 0 Å². The smallest absolute Gasteiger partial charge is 0.239 e. The summed E-state index contributed by atoms with van der Waals surface area (Å²) >= 11 is 0. The molecule has 124 valence electrons. The van der Waals surface area contributed by atoms with Gasteiger partial charge in [-0.25, -0.2) is 15.0 Å². The van der Waals surface area contributed by atoms with Crippen LogP contribution in [0.4, 0.5) is 17.5 Å². The molecule has 0 radical (unpaired) electrons. The lowest BCUT2D eigenvalue weighted by atomic mass is 10.2. The maximum atomic E-state index is 11.5. The zero-order chi connectivity index (χ0) is 17.6. The summed E-state index contributed by atoms with van der Waals surface area (Å²) in [6.45, 7) is 0. The quantitative estimate of drug-likeness (QED) is 0.730. The summed E-state index contributed by atoms with van der Waals surface area (Å²) in [5, 5.41) is 18.3. The van der Waals surface area contributed by atoms with Crippen molar-refractivity contribution < 1.29 is 4.79 Å². The van der Waals surface area contributed by atoms with Crippen molar-refractivity contribution in [2.24, 2.45) is 7.05 Å². The van der Waals surface area contributed by atoms with Gasteiger partial charge >= 0.3 is 0 Å². The lowest BCUT2D eigenvalue weighted by molar-refractivity contribution is -0.115. The molecule has 0 aliphatic rings. The molecular weight excluding hydrogens is 320 g/mol. The average Bonchev–Trinajstić information content (AvgIpc) is 3.00. The Kier molecular flexibility index (Phi) is 4.62. The molecular formula is C16H14N8O. The summed E-state index contributed by atoms with van der Waals surface area (Å²) in [6.07, 6.45) is 6.46. The number of pyridine rings is 1. The van der Waals surface area contributed by atoms with Crippen molar-refractivity contribution in [3.05, 3.63) is 43.0 Å². The first-order valence-corrected chi connectivity index (χ1v) is 7.36. The van der Waals surface area contributed by atoms with Gasteiger partial charge in [0, 0.05) is 31.2 Å². The Hall–Kier alpha value is -3.80. The van der Waals surface area contributed by atoms with Gasteiger partial charge in [-0.05, 0) is 18.2 Å². The molecule has 0 aromatic carbocycles. The van der Waals surface area contributed by atoms with Crippen molar-refractivity contribution in [1.29, 1.82) is 5.26 Å². The minimum absolute atomic E-state index is 0.224. The molecule has 0 atom stereocenters. The molecule has 9 heteroatoms. The van der Waals surface area contributed by atoms with Crippen LogP contribution in [0.2, 0.25) is 0 Å². The Morgan fingerprint density at radius 2 is 2.16 bits per heavy atom. The highest BCUT2D eigenvalue weighted by Crippen LogP contribution is 2.21. The number of rotatable bonds is 5. The number of nitrogens with zero attached hydrogens (tertiary/aromatic N) is 6. The van der Waals surface area contributed by atoms with Gasteiger partial charge in [0.1, 0.15) is 12.2 Å². The predicted octanol–water partition coefficient (Wildman–Crippen LogP) is 1.87. The zero-order valence-corrected chi connectivity index (χ0v) is 13.3. The van der Waals surface area contributed by atoms with Gasteiger partial charge in [-0.1, -0.05) is 0 Å². The molecule has 0 aliphatic heterocycles. The van der Waals surface area contributed by atoms with Crippen LogP contribution in [-0.2, 0) is 11.8 Å². The van der Waals surface area contributed by atoms with Gasteiger partial charge in [-0.3, -0.25) is 9.48 Å². The molecule has 9 nitrogen and oxygen atoms in total. The van der Waals surface area contributed by atoms with Crippen LogP contribution in [0.1, 0.15) is 6.42 Å². The second-order valence-electron chi connectivity index (χ2n) is 5.11. The minimum atomic E-state index is -0.409. The summed E-state index contributed by atoms with van der Waals surface area (Å²) < 4.78 is 1.67. The number of anilines is 3. The summed E-state index contributed by atoms with van der Waals surface area (Å²) in [5.74, 6) is 0.379. The van der Waals surface area contributed by atoms with E-state index in [0.29, 0.717) is 17.5 Å². The van der Waals surface area contributed by atoms with E-state index in [1.807, 2.05) is 13.2 Å². The Balaban J connectivity index is 1.81. The number of aromatic nitrogens is 5. The first kappa shape index (κ1) is 16.1. The standard InChI is InChI=1S/C16H14N8O/c1-24-10-12(9-20-24)21-16-19-7-4-13(22-16)11-3-6-18-14(8-11)23-15(25)2-5-17/h3-4,6-10H,2H2,1H3,(H,18,23,25)(H,19,21,22). The Bertz CT molecular complexity index is 943. The molecule has 3 aromatic rings. The number of carbonyl (C=O) groups excluding carboxylic acids is 1. The van der Waals surface area contributed by atoms with E-state index in [-0.39, 0.29) is 6.42 Å². The van der Waals surface area contributed by atoms with Crippen molar-refractivity contribution in [1.82, 2.24) is 24.7 Å². The summed E-state index contributed by atoms with van der Waals surface area (Å²) in [6, 6.07) is 7.01. The van der Waals surface area contributed by atoms with Crippen LogP contribution in [0.15, 0.2) is 43.0 Å². The molecule has 3 aromatic heterocycles. The average molecular weight is 334 g/mol. The number of hydrogen-bond donors (Lipinski definition) is 2. The largest absolute Gasteiger partial charge is 0.321 e. The minimum Gasteiger partial charge on any atom is -0.321 e. The summed E-state index contributed by atoms with van der Waals surface area (Å²) in [5.41, 5.74) is 2.21. The number of aryl methyl sites for hydroxylation is 1. The van der Waals surface area contributed by atoms with Gasteiger partial charge in [-0.15, -0.1) is 0 Å². The maximum absolute atomic E-state index is 11.5. The molecule has 0 saturated carbocycles. The highest BCUT2D eigenvalue weighted by molar-refractivity contribution is 5.91. The van der Waals surface area contributed by atoms with Crippen molar-refractivity contribution >= 4 is 23.4 Å². The van der Waals surface area contributed by atoms with Crippen molar-refractivity contribution in [2.45, 2.75) is 6.42 Å². The van der Waals surface area contributed by atoms with Crippen LogP contribution in [0.3, 0.4) is 0 Å². The number of amides is 1. The van der Waals surface area contributed by atoms with Crippen molar-refractivity contribution in [3.8, 4) is 17.3 Å². The summed E-state index contributed by atoms with van der Waals surface area (Å²) in [7, 11) is 1.82. The predicted molar refractivity (Wildman–Crippen MR) is 90.6 cm³/mol. The zero-order valence-electron chi connectivity index (χ0n) is 13.3. The van der Waals surface area contributed by atoms with Crippen molar-refractivity contribution in [2.75, 3.05) is 10.6 Å². The first-order chi connectivity index (χ1) is 12.1. The number of carbonyl (C=O) groups is 1. The molecule has 25 heavy (non-hydrogen) atoms. The highest BCUT2D eigenvalue weighted by Gasteiger charge is 2.07. The van der Waals surface area contributed by atoms with E-state index >= 15 is 0 Å². The maximum Gasteiger partial charge on any atom is 0.239 e. The normalized spacial score (nSPS) is 10.1. The van der Waals surface area contributed by atoms with Crippen LogP contribution in [0, 0.1) is 11.3 Å². The number of hydrogen-bond acceptors (Lipinski definition) is 7. The van der Waals surface area contributed by atoms with Crippen LogP contribution in [0.25, 0.3) is 11.3 Å². The van der Waals surface area contributed by atoms with E-state index in [1.165, 1.54) is 0 Å². The molecule has 3 rings (SSSR count). The highest BCUT2D eigenvalue weighted by atomic mass is 16.1. The third-order valence-electron chi connectivity index (χ3n) is 3.18. The van der Waals surface area contributed by atoms with E-state index in [0.717, 1.165) is 11.3 Å². The first-order valence-electron chi connectivity index (χ1n) is 7.36. The molecule has 3 heterocycles. The second-order valence-corrected chi connectivity index (χ2v) is 5.11. The molecule has 0 fully saturated rings. The molecule has 2 N–H and O–H groups in total. The van der Waals surface area contributed by atoms with Crippen LogP contribution in [-0.4, -0.2) is 30.6 Å². The molecule has 0 unspecified atom stereocenters. The molecule has 0 bridgehead atoms. The topological polar surface area (TPSA) is 121 Å². The fourth-order valence-electron chi connectivity index (χ4n) is 2.11. The Labute approximate surface area is 143 Å². The van der Waals surface area contributed by atoms with Gasteiger partial charge in [-0.2, -0.15) is 10.4 Å². The monoisotopic (exact) mass is 334 g/mol. The fourth-order valence-corrected chi connectivity index (χ4v) is 2.11. The third-order valence-corrected chi connectivity index (χ3v) is 3.18. The van der Waals surface area contributed by atoms with Crippen molar-refractivity contribution in [3.63, 3.8) is 0 Å². The van der Waals surface area contributed by atoms with Crippen LogP contribution in [0.5, 0.6) is 0 Å². The lowest BCUT2D eigenvalue weighted by Gasteiger charge is -2.07. The van der Waals surface area contributed by atoms with Gasteiger partial charge in [0.25, 0.3) is 0 Å². The SMILES string of the molecule is Cn1cc(Nc2nccc(-c3ccnc(NC(=O)CC#N)c3)n2)cn1. The van der Waals surface area contributed by atoms with E-state index < -0.39 is 5.91 Å². The number of nitrogens with one attached hydrogen (secondary N) is 2. The van der Waals surface area contributed by atoms with E-state index in [9.17, 15) is 4.79 Å². The van der Waals surface area contributed by atoms with E-state index in [2.05, 4.69) is 30.7 Å². The van der Waals surface area contributed by atoms with Crippen LogP contribution < -0.4 is 10.6 Å². The summed E-state index contributed by atoms with van der Waals surface area (Å²) in [4.78, 5) is 24.2.